The minimum Gasteiger partial charge on any atom is -0.163 e. The largest absolute Gasteiger partial charge is 0.163 e. The quantitative estimate of drug-likeness (QED) is 0.468. The molecule has 0 radical (unpaired) electrons. The normalized spacial score (nSPS) is 8.40. The molecule has 0 unspecified atom stereocenters. The average Bonchev–Trinajstić information content (AvgIpc) is 1.41. The molecule has 0 aliphatic rings. The fourth-order valence-corrected chi connectivity index (χ4v) is 0.612. The van der Waals surface area contributed by atoms with Gasteiger partial charge in [-0.15, -0.1) is 0 Å². The lowest BCUT2D eigenvalue weighted by atomic mass is 11.3. The minimum atomic E-state index is 1.26. The Morgan fingerprint density at radius 3 is 1.60 bits per heavy atom. The van der Waals surface area contributed by atoms with Gasteiger partial charge in [-0.2, -0.15) is 11.8 Å². The standard InChI is InChI=1S/C4H10S/c1-3-5-4-2/h3-4H2,1-2H3/i1+1,2+1. The van der Waals surface area contributed by atoms with Gasteiger partial charge in [-0.3, -0.25) is 0 Å². The van der Waals surface area contributed by atoms with E-state index in [1.807, 2.05) is 11.8 Å². The molecule has 0 heterocycles. The number of hydrogen-bond acceptors (Lipinski definition) is 1. The van der Waals surface area contributed by atoms with Gasteiger partial charge in [-0.1, -0.05) is 13.8 Å². The number of thioether (sulfide) groups is 1. The number of hydrogen-bond donors (Lipinski definition) is 0. The van der Waals surface area contributed by atoms with Gasteiger partial charge in [-0.25, -0.2) is 0 Å². The Kier molecular flexibility index (Phi) is 4.65. The first-order chi connectivity index (χ1) is 2.41. The van der Waals surface area contributed by atoms with Crippen molar-refractivity contribution in [3.8, 4) is 0 Å². The molecule has 0 aliphatic carbocycles. The Labute approximate surface area is 38.0 Å². The highest BCUT2D eigenvalue weighted by Crippen LogP contribution is 1.93. The Hall–Kier alpha value is 0.350. The molecule has 0 saturated carbocycles. The summed E-state index contributed by atoms with van der Waals surface area (Å²) in [6.45, 7) is 4.35. The van der Waals surface area contributed by atoms with Crippen LogP contribution in [0, 0.1) is 0 Å². The highest BCUT2D eigenvalue weighted by atomic mass is 32.2. The topological polar surface area (TPSA) is 0 Å². The zero-order valence-electron chi connectivity index (χ0n) is 3.82. The smallest absolute Gasteiger partial charge is 0.00961 e. The summed E-state index contributed by atoms with van der Waals surface area (Å²) >= 11 is 1.96. The van der Waals surface area contributed by atoms with Crippen molar-refractivity contribution < 1.29 is 0 Å². The van der Waals surface area contributed by atoms with E-state index in [1.165, 1.54) is 11.5 Å². The molecule has 0 atom stereocenters. The third-order valence-corrected chi connectivity index (χ3v) is 1.22. The van der Waals surface area contributed by atoms with Crippen LogP contribution in [0.2, 0.25) is 0 Å². The predicted octanol–water partition coefficient (Wildman–Crippen LogP) is 1.76. The van der Waals surface area contributed by atoms with Crippen molar-refractivity contribution in [2.45, 2.75) is 13.8 Å². The summed E-state index contributed by atoms with van der Waals surface area (Å²) in [5.41, 5.74) is 0. The van der Waals surface area contributed by atoms with Gasteiger partial charge in [0.2, 0.25) is 0 Å². The first kappa shape index (κ1) is 5.35. The van der Waals surface area contributed by atoms with Crippen LogP contribution >= 0.6 is 11.8 Å². The van der Waals surface area contributed by atoms with E-state index >= 15 is 0 Å². The molecule has 1 heteroatoms. The highest BCUT2D eigenvalue weighted by Gasteiger charge is 1.67. The second kappa shape index (κ2) is 4.35. The molecule has 0 aromatic rings. The molecule has 0 spiro atoms. The van der Waals surface area contributed by atoms with Crippen LogP contribution in [0.1, 0.15) is 13.8 Å². The third kappa shape index (κ3) is 4.35. The molecule has 0 aromatic carbocycles. The van der Waals surface area contributed by atoms with Gasteiger partial charge in [-0.05, 0) is 11.5 Å². The summed E-state index contributed by atoms with van der Waals surface area (Å²) in [5, 5.41) is 0. The van der Waals surface area contributed by atoms with Gasteiger partial charge in [0.15, 0.2) is 0 Å². The van der Waals surface area contributed by atoms with Crippen molar-refractivity contribution in [3.63, 3.8) is 0 Å². The highest BCUT2D eigenvalue weighted by molar-refractivity contribution is 7.99. The van der Waals surface area contributed by atoms with Crippen molar-refractivity contribution in [3.05, 3.63) is 0 Å². The summed E-state index contributed by atoms with van der Waals surface area (Å²) < 4.78 is 0. The van der Waals surface area contributed by atoms with Gasteiger partial charge in [0.25, 0.3) is 0 Å². The Morgan fingerprint density at radius 1 is 1.20 bits per heavy atom. The number of rotatable bonds is 2. The van der Waals surface area contributed by atoms with E-state index in [4.69, 9.17) is 0 Å². The predicted molar refractivity (Wildman–Crippen MR) is 28.7 cm³/mol. The molecule has 0 bridgehead atoms. The molecule has 0 aliphatic heterocycles. The second-order valence-electron chi connectivity index (χ2n) is 0.781. The molecular formula is C4H10S. The van der Waals surface area contributed by atoms with Crippen LogP contribution in [0.15, 0.2) is 0 Å². The van der Waals surface area contributed by atoms with Crippen molar-refractivity contribution in [2.24, 2.45) is 0 Å². The Bertz CT molecular complexity index is 11.1. The molecule has 0 fully saturated rings. The van der Waals surface area contributed by atoms with Crippen LogP contribution < -0.4 is 0 Å². The first-order valence-electron chi connectivity index (χ1n) is 1.99. The molecule has 0 rings (SSSR count). The SMILES string of the molecule is [13CH3]CSC[13CH3]. The van der Waals surface area contributed by atoms with E-state index in [-0.39, 0.29) is 0 Å². The van der Waals surface area contributed by atoms with Gasteiger partial charge < -0.3 is 0 Å². The second-order valence-corrected chi connectivity index (χ2v) is 2.34. The summed E-state index contributed by atoms with van der Waals surface area (Å²) in [7, 11) is 0. The lowest BCUT2D eigenvalue weighted by Gasteiger charge is -1.80. The molecule has 0 nitrogen and oxygen atoms in total. The lowest BCUT2D eigenvalue weighted by Crippen LogP contribution is -1.64. The first-order valence-corrected chi connectivity index (χ1v) is 3.15. The van der Waals surface area contributed by atoms with E-state index in [1.54, 1.807) is 0 Å². The Morgan fingerprint density at radius 2 is 1.60 bits per heavy atom. The van der Waals surface area contributed by atoms with Crippen LogP contribution in [0.25, 0.3) is 0 Å². The van der Waals surface area contributed by atoms with Crippen molar-refractivity contribution >= 4 is 11.8 Å². The van der Waals surface area contributed by atoms with Crippen molar-refractivity contribution in [1.29, 1.82) is 0 Å². The monoisotopic (exact) mass is 92.1 g/mol. The van der Waals surface area contributed by atoms with Gasteiger partial charge >= 0.3 is 0 Å². The van der Waals surface area contributed by atoms with Gasteiger partial charge in [0.1, 0.15) is 0 Å². The molecular weight excluding hydrogens is 82.1 g/mol. The van der Waals surface area contributed by atoms with E-state index in [2.05, 4.69) is 13.8 Å². The summed E-state index contributed by atoms with van der Waals surface area (Å²) in [5.74, 6) is 2.52. The third-order valence-electron chi connectivity index (χ3n) is 0.408. The van der Waals surface area contributed by atoms with E-state index < -0.39 is 0 Å². The van der Waals surface area contributed by atoms with E-state index in [0.29, 0.717) is 0 Å². The van der Waals surface area contributed by atoms with E-state index in [9.17, 15) is 0 Å². The van der Waals surface area contributed by atoms with Crippen LogP contribution in [0.4, 0.5) is 0 Å². The molecule has 5 heavy (non-hydrogen) atoms. The summed E-state index contributed by atoms with van der Waals surface area (Å²) in [6.07, 6.45) is 0. The van der Waals surface area contributed by atoms with Crippen molar-refractivity contribution in [1.82, 2.24) is 0 Å². The molecule has 32 valence electrons. The minimum absolute atomic E-state index is 1.26. The fraction of sp³-hybridized carbons (Fsp3) is 1.00. The van der Waals surface area contributed by atoms with E-state index in [0.717, 1.165) is 0 Å². The van der Waals surface area contributed by atoms with Crippen LogP contribution in [0.3, 0.4) is 0 Å². The fourth-order valence-electron chi connectivity index (χ4n) is 0.204. The maximum absolute atomic E-state index is 2.17. The summed E-state index contributed by atoms with van der Waals surface area (Å²) in [4.78, 5) is 0. The maximum atomic E-state index is 2.17. The maximum Gasteiger partial charge on any atom is -0.00961 e. The zero-order chi connectivity index (χ0) is 4.12. The zero-order valence-corrected chi connectivity index (χ0v) is 4.64. The average molecular weight is 92.2 g/mol. The Balaban J connectivity index is 2.19. The van der Waals surface area contributed by atoms with Gasteiger partial charge in [0.05, 0.1) is 0 Å². The van der Waals surface area contributed by atoms with Crippen LogP contribution in [-0.4, -0.2) is 11.5 Å². The van der Waals surface area contributed by atoms with Crippen LogP contribution in [-0.2, 0) is 0 Å². The molecule has 0 saturated heterocycles. The van der Waals surface area contributed by atoms with Crippen LogP contribution in [0.5, 0.6) is 0 Å². The van der Waals surface area contributed by atoms with Gasteiger partial charge in [0, 0.05) is 0 Å². The lowest BCUT2D eigenvalue weighted by molar-refractivity contribution is 1.46. The van der Waals surface area contributed by atoms with Crippen molar-refractivity contribution in [2.75, 3.05) is 11.5 Å². The molecule has 0 amide bonds. The molecule has 0 aromatic heterocycles. The summed E-state index contributed by atoms with van der Waals surface area (Å²) in [6, 6.07) is 0. The molecule has 0 N–H and O–H groups in total.